The molecule has 12 heteroatoms. The fourth-order valence-corrected chi connectivity index (χ4v) is 5.72. The average molecular weight is 693 g/mol. The van der Waals surface area contributed by atoms with Gasteiger partial charge in [0.1, 0.15) is 6.10 Å². The fraction of sp³-hybridized carbons (Fsp3) is 0.447. The molecule has 0 amide bonds. The smallest absolute Gasteiger partial charge is 0.302 e. The predicted molar refractivity (Wildman–Crippen MR) is 180 cm³/mol. The van der Waals surface area contributed by atoms with Gasteiger partial charge in [-0.05, 0) is 43.7 Å². The maximum absolute atomic E-state index is 11.7. The molecule has 7 atom stereocenters. The van der Waals surface area contributed by atoms with E-state index in [-0.39, 0.29) is 36.5 Å². The summed E-state index contributed by atoms with van der Waals surface area (Å²) in [4.78, 5) is 11.7. The van der Waals surface area contributed by atoms with Gasteiger partial charge >= 0.3 is 5.97 Å². The topological polar surface area (TPSA) is 119 Å². The second-order valence-corrected chi connectivity index (χ2v) is 11.5. The largest absolute Gasteiger partial charge is 0.493 e. The summed E-state index contributed by atoms with van der Waals surface area (Å²) in [7, 11) is 3.07. The zero-order valence-corrected chi connectivity index (χ0v) is 29.0. The third kappa shape index (κ3) is 11.1. The van der Waals surface area contributed by atoms with Crippen LogP contribution in [0, 0.1) is 24.4 Å². The number of benzene rings is 2. The summed E-state index contributed by atoms with van der Waals surface area (Å²) in [5, 5.41) is 0. The Labute approximate surface area is 293 Å². The zero-order valence-electron chi connectivity index (χ0n) is 29.0. The van der Waals surface area contributed by atoms with Gasteiger partial charge in [0, 0.05) is 43.7 Å². The molecule has 0 aliphatic carbocycles. The Morgan fingerprint density at radius 3 is 1.86 bits per heavy atom. The van der Waals surface area contributed by atoms with E-state index in [0.717, 1.165) is 12.0 Å². The molecule has 12 nitrogen and oxygen atoms in total. The molecule has 50 heavy (non-hydrogen) atoms. The second kappa shape index (κ2) is 19.4. The van der Waals surface area contributed by atoms with E-state index in [4.69, 9.17) is 52.1 Å². The summed E-state index contributed by atoms with van der Waals surface area (Å²) in [5.74, 6) is 1.34. The van der Waals surface area contributed by atoms with Crippen LogP contribution < -0.4 is 18.9 Å². The lowest BCUT2D eigenvalue weighted by atomic mass is 9.96. The van der Waals surface area contributed by atoms with Gasteiger partial charge in [0.25, 0.3) is 0 Å². The lowest BCUT2D eigenvalue weighted by Gasteiger charge is -2.41. The molecule has 0 radical (unpaired) electrons. The number of methoxy groups -OCH3 is 2. The van der Waals surface area contributed by atoms with Crippen LogP contribution >= 0.6 is 0 Å². The van der Waals surface area contributed by atoms with Crippen molar-refractivity contribution in [1.82, 2.24) is 0 Å². The number of hydrogen-bond donors (Lipinski definition) is 0. The van der Waals surface area contributed by atoms with E-state index in [2.05, 4.69) is 44.5 Å². The third-order valence-electron chi connectivity index (χ3n) is 7.87. The number of rotatable bonds is 14. The van der Waals surface area contributed by atoms with Gasteiger partial charge in [0.15, 0.2) is 60.0 Å². The Hall–Kier alpha value is -4.85. The van der Waals surface area contributed by atoms with Crippen molar-refractivity contribution in [2.75, 3.05) is 14.2 Å². The van der Waals surface area contributed by atoms with Gasteiger partial charge in [-0.15, -0.1) is 0 Å². The SMILES string of the molecule is C=COC#COc1ccc(C2OC(CC)CC(CC3CC(CC(C)OC(C)=O)OC(c4ccc(OC)c(OC#COC=C)c4)O3)O2)cc1OC. The van der Waals surface area contributed by atoms with E-state index in [9.17, 15) is 4.79 Å². The number of carbonyl (C=O) groups excluding carboxylic acids is 1. The number of hydrogen-bond acceptors (Lipinski definition) is 12. The molecule has 2 aromatic carbocycles. The Morgan fingerprint density at radius 2 is 1.30 bits per heavy atom. The summed E-state index contributed by atoms with van der Waals surface area (Å²) >= 11 is 0. The van der Waals surface area contributed by atoms with Crippen molar-refractivity contribution in [2.24, 2.45) is 0 Å². The van der Waals surface area contributed by atoms with Gasteiger partial charge in [0.05, 0.1) is 51.2 Å². The van der Waals surface area contributed by atoms with Gasteiger partial charge in [-0.1, -0.05) is 26.1 Å². The van der Waals surface area contributed by atoms with Gasteiger partial charge in [0.2, 0.25) is 0 Å². The van der Waals surface area contributed by atoms with Crippen molar-refractivity contribution in [3.05, 3.63) is 73.2 Å². The molecule has 4 rings (SSSR count). The maximum atomic E-state index is 11.7. The van der Waals surface area contributed by atoms with Crippen molar-refractivity contribution in [3.63, 3.8) is 0 Å². The van der Waals surface area contributed by atoms with Crippen LogP contribution in [0.15, 0.2) is 62.1 Å². The lowest BCUT2D eigenvalue weighted by Crippen LogP contribution is -2.40. The van der Waals surface area contributed by atoms with Crippen molar-refractivity contribution < 1.29 is 56.9 Å². The van der Waals surface area contributed by atoms with E-state index in [0.29, 0.717) is 54.2 Å². The Balaban J connectivity index is 1.54. The van der Waals surface area contributed by atoms with E-state index in [1.165, 1.54) is 26.6 Å². The molecule has 7 unspecified atom stereocenters. The van der Waals surface area contributed by atoms with Gasteiger partial charge in [-0.25, -0.2) is 0 Å². The molecule has 2 aliphatic rings. The highest BCUT2D eigenvalue weighted by Crippen LogP contribution is 2.41. The molecule has 268 valence electrons. The van der Waals surface area contributed by atoms with Crippen LogP contribution in [0.4, 0.5) is 0 Å². The average Bonchev–Trinajstić information content (AvgIpc) is 3.11. The molecule has 0 spiro atoms. The minimum absolute atomic E-state index is 0.0505. The maximum Gasteiger partial charge on any atom is 0.302 e. The van der Waals surface area contributed by atoms with Crippen LogP contribution in [0.3, 0.4) is 0 Å². The molecule has 2 fully saturated rings. The van der Waals surface area contributed by atoms with Gasteiger partial charge < -0.3 is 52.1 Å². The van der Waals surface area contributed by atoms with Crippen molar-refractivity contribution in [3.8, 4) is 47.4 Å². The third-order valence-corrected chi connectivity index (χ3v) is 7.87. The van der Waals surface area contributed by atoms with Crippen LogP contribution in [-0.4, -0.2) is 50.7 Å². The predicted octanol–water partition coefficient (Wildman–Crippen LogP) is 6.81. The molecule has 2 aliphatic heterocycles. The van der Waals surface area contributed by atoms with Crippen LogP contribution in [0.5, 0.6) is 23.0 Å². The molecule has 0 saturated carbocycles. The molecule has 2 aromatic rings. The quantitative estimate of drug-likeness (QED) is 0.118. The molecular weight excluding hydrogens is 648 g/mol. The summed E-state index contributed by atoms with van der Waals surface area (Å²) < 4.78 is 63.0. The summed E-state index contributed by atoms with van der Waals surface area (Å²) in [5.41, 5.74) is 1.45. The summed E-state index contributed by atoms with van der Waals surface area (Å²) in [6.07, 6.45) is 12.5. The highest BCUT2D eigenvalue weighted by atomic mass is 16.7. The monoisotopic (exact) mass is 692 g/mol. The molecule has 2 saturated heterocycles. The van der Waals surface area contributed by atoms with Crippen molar-refractivity contribution in [2.45, 2.75) is 96.0 Å². The van der Waals surface area contributed by atoms with Crippen LogP contribution in [0.2, 0.25) is 0 Å². The standard InChI is InChI=1S/C38H44O12/c1-8-29-22-31(49-37(47-29)27-12-14-34(35(20-27)41-7)44-17-15-42-9-2)24-32-23-30(19-25(4)46-26(5)39)48-38(50-32)28-11-13-33(40-6)36(21-28)45-18-16-43-10-3/h9-14,20-21,25,29-32,37-38H,2-3,8,19,22-24H2,1,4-7H3. The Morgan fingerprint density at radius 1 is 0.780 bits per heavy atom. The molecule has 0 N–H and O–H groups in total. The second-order valence-electron chi connectivity index (χ2n) is 11.5. The van der Waals surface area contributed by atoms with Crippen LogP contribution in [0.1, 0.15) is 76.6 Å². The Bertz CT molecular complexity index is 1570. The minimum atomic E-state index is -0.761. The first-order chi connectivity index (χ1) is 24.3. The number of ether oxygens (including phenoxy) is 11. The molecule has 0 aromatic heterocycles. The van der Waals surface area contributed by atoms with Gasteiger partial charge in [-0.2, -0.15) is 0 Å². The first-order valence-corrected chi connectivity index (χ1v) is 16.3. The summed E-state index contributed by atoms with van der Waals surface area (Å²) in [6.45, 7) is 12.2. The summed E-state index contributed by atoms with van der Waals surface area (Å²) in [6, 6.07) is 10.7. The Kier molecular flexibility index (Phi) is 14.7. The van der Waals surface area contributed by atoms with Gasteiger partial charge in [-0.3, -0.25) is 4.79 Å². The number of carbonyl (C=O) groups is 1. The highest BCUT2D eigenvalue weighted by molar-refractivity contribution is 5.66. The van der Waals surface area contributed by atoms with Crippen molar-refractivity contribution >= 4 is 5.97 Å². The van der Waals surface area contributed by atoms with E-state index < -0.39 is 12.6 Å². The highest BCUT2D eigenvalue weighted by Gasteiger charge is 2.38. The van der Waals surface area contributed by atoms with Crippen molar-refractivity contribution in [1.29, 1.82) is 0 Å². The molecular formula is C38H44O12. The fourth-order valence-electron chi connectivity index (χ4n) is 5.72. The van der Waals surface area contributed by atoms with E-state index in [1.807, 2.05) is 19.1 Å². The zero-order chi connectivity index (χ0) is 35.9. The normalized spacial score (nSPS) is 23.3. The first kappa shape index (κ1) is 38.0. The molecule has 0 bridgehead atoms. The lowest BCUT2D eigenvalue weighted by molar-refractivity contribution is -0.279. The number of esters is 1. The van der Waals surface area contributed by atoms with Crippen LogP contribution in [-0.2, 0) is 38.0 Å². The van der Waals surface area contributed by atoms with E-state index >= 15 is 0 Å². The van der Waals surface area contributed by atoms with E-state index in [1.54, 1.807) is 31.4 Å². The van der Waals surface area contributed by atoms with Crippen LogP contribution in [0.25, 0.3) is 0 Å². The molecule has 2 heterocycles. The minimum Gasteiger partial charge on any atom is -0.493 e. The first-order valence-electron chi connectivity index (χ1n) is 16.3.